The van der Waals surface area contributed by atoms with Crippen molar-refractivity contribution in [2.45, 2.75) is 26.7 Å². The summed E-state index contributed by atoms with van der Waals surface area (Å²) in [5.74, 6) is 0.360. The molecule has 0 fully saturated rings. The number of fused-ring (bicyclic) bond motifs is 1. The summed E-state index contributed by atoms with van der Waals surface area (Å²) in [5.41, 5.74) is 3.70. The zero-order valence-electron chi connectivity index (χ0n) is 16.0. The zero-order chi connectivity index (χ0) is 19.9. The molecule has 146 valence electrons. The lowest BCUT2D eigenvalue weighted by atomic mass is 10.0. The van der Waals surface area contributed by atoms with Crippen molar-refractivity contribution in [3.63, 3.8) is 0 Å². The molecule has 0 aliphatic carbocycles. The molecular weight excluding hydrogens is 358 g/mol. The van der Waals surface area contributed by atoms with E-state index in [-0.39, 0.29) is 19.3 Å². The number of amides is 1. The summed E-state index contributed by atoms with van der Waals surface area (Å²) in [6.45, 7) is 3.92. The van der Waals surface area contributed by atoms with Gasteiger partial charge in [-0.15, -0.1) is 0 Å². The van der Waals surface area contributed by atoms with Crippen LogP contribution >= 0.6 is 0 Å². The summed E-state index contributed by atoms with van der Waals surface area (Å²) in [6, 6.07) is 11.3. The van der Waals surface area contributed by atoms with Gasteiger partial charge in [0.05, 0.1) is 0 Å². The van der Waals surface area contributed by atoms with Gasteiger partial charge in [-0.25, -0.2) is 4.79 Å². The third-order valence-electron chi connectivity index (χ3n) is 4.42. The number of hydrogen-bond acceptors (Lipinski definition) is 5. The molecule has 2 aromatic carbocycles. The number of esters is 1. The Morgan fingerprint density at radius 3 is 2.50 bits per heavy atom. The third-order valence-corrected chi connectivity index (χ3v) is 4.42. The Bertz CT molecular complexity index is 882. The average molecular weight is 381 g/mol. The van der Waals surface area contributed by atoms with Gasteiger partial charge in [-0.2, -0.15) is 0 Å². The van der Waals surface area contributed by atoms with Crippen molar-refractivity contribution in [3.05, 3.63) is 59.2 Å². The second-order valence-electron chi connectivity index (χ2n) is 6.26. The molecule has 0 radical (unpaired) electrons. The van der Waals surface area contributed by atoms with Gasteiger partial charge in [-0.05, 0) is 47.7 Å². The van der Waals surface area contributed by atoms with Crippen LogP contribution in [0.5, 0.6) is 11.5 Å². The lowest BCUT2D eigenvalue weighted by Gasteiger charge is -2.14. The second-order valence-corrected chi connectivity index (χ2v) is 6.26. The average Bonchev–Trinajstić information content (AvgIpc) is 3.18. The zero-order valence-corrected chi connectivity index (χ0v) is 16.0. The van der Waals surface area contributed by atoms with E-state index in [0.29, 0.717) is 11.5 Å². The van der Waals surface area contributed by atoms with Gasteiger partial charge in [0.25, 0.3) is 5.91 Å². The minimum Gasteiger partial charge on any atom is -0.454 e. The van der Waals surface area contributed by atoms with Gasteiger partial charge in [-0.1, -0.05) is 38.1 Å². The van der Waals surface area contributed by atoms with Crippen molar-refractivity contribution in [2.24, 2.45) is 0 Å². The minimum atomic E-state index is -0.590. The second kappa shape index (κ2) is 9.08. The smallest absolute Gasteiger partial charge is 0.331 e. The quantitative estimate of drug-likeness (QED) is 0.584. The Labute approximate surface area is 164 Å². The van der Waals surface area contributed by atoms with Crippen molar-refractivity contribution in [3.8, 4) is 11.5 Å². The minimum absolute atomic E-state index is 0.195. The largest absolute Gasteiger partial charge is 0.454 e. The third kappa shape index (κ3) is 4.71. The van der Waals surface area contributed by atoms with Crippen molar-refractivity contribution in [1.82, 2.24) is 0 Å². The van der Waals surface area contributed by atoms with E-state index in [2.05, 4.69) is 5.32 Å². The van der Waals surface area contributed by atoms with Crippen molar-refractivity contribution in [1.29, 1.82) is 0 Å². The molecule has 28 heavy (non-hydrogen) atoms. The van der Waals surface area contributed by atoms with Crippen molar-refractivity contribution >= 4 is 23.6 Å². The van der Waals surface area contributed by atoms with Crippen molar-refractivity contribution < 1.29 is 23.8 Å². The van der Waals surface area contributed by atoms with E-state index in [0.717, 1.165) is 35.2 Å². The van der Waals surface area contributed by atoms with Crippen LogP contribution in [0.4, 0.5) is 5.69 Å². The maximum absolute atomic E-state index is 12.2. The maximum Gasteiger partial charge on any atom is 0.331 e. The first-order valence-electron chi connectivity index (χ1n) is 9.25. The van der Waals surface area contributed by atoms with Gasteiger partial charge >= 0.3 is 5.97 Å². The molecule has 0 aromatic heterocycles. The van der Waals surface area contributed by atoms with E-state index in [1.165, 1.54) is 6.08 Å². The molecule has 2 aromatic rings. The first-order valence-corrected chi connectivity index (χ1v) is 9.25. The number of para-hydroxylation sites is 1. The SMILES string of the molecule is CCc1cccc(CC)c1NC(=O)COC(=O)/C=C/c1ccc2c(c1)OCO2. The Hall–Kier alpha value is -3.28. The van der Waals surface area contributed by atoms with Crippen LogP contribution in [0.1, 0.15) is 30.5 Å². The number of ether oxygens (including phenoxy) is 3. The molecule has 1 aliphatic rings. The number of rotatable bonds is 7. The molecule has 0 atom stereocenters. The van der Waals surface area contributed by atoms with Crippen LogP contribution in [0, 0.1) is 0 Å². The van der Waals surface area contributed by atoms with Crippen molar-refractivity contribution in [2.75, 3.05) is 18.7 Å². The predicted octanol–water partition coefficient (Wildman–Crippen LogP) is 3.74. The Morgan fingerprint density at radius 1 is 1.07 bits per heavy atom. The maximum atomic E-state index is 12.2. The number of nitrogens with one attached hydrogen (secondary N) is 1. The summed E-state index contributed by atoms with van der Waals surface area (Å²) < 4.78 is 15.6. The highest BCUT2D eigenvalue weighted by molar-refractivity contribution is 5.95. The molecule has 1 amide bonds. The van der Waals surface area contributed by atoms with Gasteiger partial charge < -0.3 is 19.5 Å². The standard InChI is InChI=1S/C22H23NO5/c1-3-16-6-5-7-17(4-2)22(16)23-20(24)13-26-21(25)11-9-15-8-10-18-19(12-15)28-14-27-18/h5-12H,3-4,13-14H2,1-2H3,(H,23,24)/b11-9+. The molecule has 3 rings (SSSR count). The Morgan fingerprint density at radius 2 is 1.79 bits per heavy atom. The van der Waals surface area contributed by atoms with E-state index >= 15 is 0 Å². The number of anilines is 1. The summed E-state index contributed by atoms with van der Waals surface area (Å²) in [6.07, 6.45) is 4.50. The van der Waals surface area contributed by atoms with Crippen LogP contribution in [-0.2, 0) is 27.2 Å². The van der Waals surface area contributed by atoms with Crippen LogP contribution in [0.25, 0.3) is 6.08 Å². The van der Waals surface area contributed by atoms with E-state index < -0.39 is 5.97 Å². The fourth-order valence-corrected chi connectivity index (χ4v) is 2.94. The van der Waals surface area contributed by atoms with E-state index in [4.69, 9.17) is 14.2 Å². The fraction of sp³-hybridized carbons (Fsp3) is 0.273. The lowest BCUT2D eigenvalue weighted by molar-refractivity contribution is -0.142. The Kier molecular flexibility index (Phi) is 6.32. The molecule has 1 N–H and O–H groups in total. The highest BCUT2D eigenvalue weighted by Gasteiger charge is 2.13. The summed E-state index contributed by atoms with van der Waals surface area (Å²) in [4.78, 5) is 24.1. The molecule has 0 unspecified atom stereocenters. The molecule has 0 bridgehead atoms. The highest BCUT2D eigenvalue weighted by Crippen LogP contribution is 2.32. The topological polar surface area (TPSA) is 73.9 Å². The number of hydrogen-bond donors (Lipinski definition) is 1. The molecule has 0 saturated carbocycles. The van der Waals surface area contributed by atoms with E-state index in [9.17, 15) is 9.59 Å². The number of benzene rings is 2. The van der Waals surface area contributed by atoms with Crippen LogP contribution in [0.3, 0.4) is 0 Å². The monoisotopic (exact) mass is 381 g/mol. The van der Waals surface area contributed by atoms with Crippen LogP contribution in [0.2, 0.25) is 0 Å². The Balaban J connectivity index is 1.54. The number of carbonyl (C=O) groups is 2. The van der Waals surface area contributed by atoms with Crippen LogP contribution in [-0.4, -0.2) is 25.3 Å². The van der Waals surface area contributed by atoms with Gasteiger partial charge in [0.15, 0.2) is 18.1 Å². The molecule has 6 nitrogen and oxygen atoms in total. The van der Waals surface area contributed by atoms with Gasteiger partial charge in [0, 0.05) is 11.8 Å². The number of aryl methyl sites for hydroxylation is 2. The molecule has 1 heterocycles. The van der Waals surface area contributed by atoms with Gasteiger partial charge in [0.1, 0.15) is 0 Å². The summed E-state index contributed by atoms with van der Waals surface area (Å²) in [5, 5.41) is 2.87. The van der Waals surface area contributed by atoms with Gasteiger partial charge in [-0.3, -0.25) is 4.79 Å². The fourth-order valence-electron chi connectivity index (χ4n) is 2.94. The molecular formula is C22H23NO5. The molecule has 6 heteroatoms. The van der Waals surface area contributed by atoms with Gasteiger partial charge in [0.2, 0.25) is 6.79 Å². The highest BCUT2D eigenvalue weighted by atomic mass is 16.7. The summed E-state index contributed by atoms with van der Waals surface area (Å²) in [7, 11) is 0. The molecule has 1 aliphatic heterocycles. The normalized spacial score (nSPS) is 12.2. The van der Waals surface area contributed by atoms with E-state index in [1.54, 1.807) is 24.3 Å². The first-order chi connectivity index (χ1) is 13.6. The van der Waals surface area contributed by atoms with Crippen LogP contribution in [0.15, 0.2) is 42.5 Å². The predicted molar refractivity (Wildman–Crippen MR) is 106 cm³/mol. The van der Waals surface area contributed by atoms with E-state index in [1.807, 2.05) is 32.0 Å². The summed E-state index contributed by atoms with van der Waals surface area (Å²) >= 11 is 0. The first kappa shape index (κ1) is 19.5. The lowest BCUT2D eigenvalue weighted by Crippen LogP contribution is -2.21. The number of carbonyl (C=O) groups excluding carboxylic acids is 2. The van der Waals surface area contributed by atoms with Crippen LogP contribution < -0.4 is 14.8 Å². The molecule has 0 spiro atoms. The molecule has 0 saturated heterocycles.